The van der Waals surface area contributed by atoms with Crippen LogP contribution >= 0.6 is 0 Å². The van der Waals surface area contributed by atoms with Gasteiger partial charge in [-0.05, 0) is 12.5 Å². The van der Waals surface area contributed by atoms with E-state index in [9.17, 15) is 0 Å². The van der Waals surface area contributed by atoms with Gasteiger partial charge in [0.05, 0.1) is 0 Å². The highest BCUT2D eigenvalue weighted by Gasteiger charge is 1.98. The Morgan fingerprint density at radius 2 is 2.33 bits per heavy atom. The van der Waals surface area contributed by atoms with Crippen LogP contribution in [-0.2, 0) is 6.54 Å². The van der Waals surface area contributed by atoms with Crippen molar-refractivity contribution in [1.29, 1.82) is 0 Å². The lowest BCUT2D eigenvalue weighted by Gasteiger charge is -2.16. The van der Waals surface area contributed by atoms with Gasteiger partial charge >= 0.3 is 0 Å². The summed E-state index contributed by atoms with van der Waals surface area (Å²) in [5.74, 6) is 0.912. The van der Waals surface area contributed by atoms with Gasteiger partial charge in [0.2, 0.25) is 0 Å². The quantitative estimate of drug-likeness (QED) is 0.444. The Bertz CT molecular complexity index is 289. The SMILES string of the molecule is CN=C(NCCCn1cccn1)N(C)C. The van der Waals surface area contributed by atoms with Crippen LogP contribution < -0.4 is 5.32 Å². The van der Waals surface area contributed by atoms with Crippen molar-refractivity contribution in [2.75, 3.05) is 27.7 Å². The molecule has 5 nitrogen and oxygen atoms in total. The maximum absolute atomic E-state index is 4.14. The van der Waals surface area contributed by atoms with Crippen LogP contribution in [0.25, 0.3) is 0 Å². The molecule has 0 saturated carbocycles. The van der Waals surface area contributed by atoms with Crippen LogP contribution in [0.15, 0.2) is 23.5 Å². The van der Waals surface area contributed by atoms with Crippen LogP contribution in [-0.4, -0.2) is 48.3 Å². The van der Waals surface area contributed by atoms with Crippen LogP contribution in [0.3, 0.4) is 0 Å². The molecule has 1 aromatic rings. The van der Waals surface area contributed by atoms with E-state index in [1.807, 2.05) is 35.9 Å². The van der Waals surface area contributed by atoms with Crippen molar-refractivity contribution in [3.63, 3.8) is 0 Å². The lowest BCUT2D eigenvalue weighted by Crippen LogP contribution is -2.37. The Morgan fingerprint density at radius 3 is 2.87 bits per heavy atom. The zero-order valence-electron chi connectivity index (χ0n) is 9.64. The number of guanidine groups is 1. The summed E-state index contributed by atoms with van der Waals surface area (Å²) in [6.07, 6.45) is 4.81. The molecular weight excluding hydrogens is 190 g/mol. The molecule has 0 saturated heterocycles. The van der Waals surface area contributed by atoms with Gasteiger partial charge in [0, 0.05) is 46.6 Å². The van der Waals surface area contributed by atoms with Gasteiger partial charge in [-0.1, -0.05) is 0 Å². The molecular formula is C10H19N5. The fraction of sp³-hybridized carbons (Fsp3) is 0.600. The van der Waals surface area contributed by atoms with Crippen molar-refractivity contribution in [2.45, 2.75) is 13.0 Å². The second-order valence-electron chi connectivity index (χ2n) is 3.49. The number of aromatic nitrogens is 2. The number of hydrogen-bond donors (Lipinski definition) is 1. The molecule has 0 atom stereocenters. The first-order valence-electron chi connectivity index (χ1n) is 5.09. The largest absolute Gasteiger partial charge is 0.356 e. The maximum Gasteiger partial charge on any atom is 0.193 e. The summed E-state index contributed by atoms with van der Waals surface area (Å²) in [4.78, 5) is 6.10. The smallest absolute Gasteiger partial charge is 0.193 e. The topological polar surface area (TPSA) is 45.5 Å². The number of rotatable bonds is 4. The zero-order valence-corrected chi connectivity index (χ0v) is 9.64. The lowest BCUT2D eigenvalue weighted by molar-refractivity contribution is 0.544. The second-order valence-corrected chi connectivity index (χ2v) is 3.49. The Balaban J connectivity index is 2.16. The van der Waals surface area contributed by atoms with Gasteiger partial charge in [0.25, 0.3) is 0 Å². The molecule has 0 aromatic carbocycles. The standard InChI is InChI=1S/C10H19N5/c1-11-10(14(2)3)12-6-4-8-15-9-5-7-13-15/h5,7,9H,4,6,8H2,1-3H3,(H,11,12). The number of nitrogens with one attached hydrogen (secondary N) is 1. The van der Waals surface area contributed by atoms with Crippen molar-refractivity contribution < 1.29 is 0 Å². The molecule has 1 rings (SSSR count). The molecule has 0 spiro atoms. The van der Waals surface area contributed by atoms with Crippen molar-refractivity contribution in [3.05, 3.63) is 18.5 Å². The van der Waals surface area contributed by atoms with E-state index in [4.69, 9.17) is 0 Å². The fourth-order valence-electron chi connectivity index (χ4n) is 1.31. The molecule has 1 N–H and O–H groups in total. The van der Waals surface area contributed by atoms with Crippen molar-refractivity contribution in [3.8, 4) is 0 Å². The molecule has 0 radical (unpaired) electrons. The predicted octanol–water partition coefficient (Wildman–Crippen LogP) is 0.410. The third-order valence-corrected chi connectivity index (χ3v) is 2.04. The van der Waals surface area contributed by atoms with E-state index in [2.05, 4.69) is 15.4 Å². The second kappa shape index (κ2) is 6.06. The van der Waals surface area contributed by atoms with Gasteiger partial charge in [-0.3, -0.25) is 9.67 Å². The molecule has 84 valence electrons. The van der Waals surface area contributed by atoms with Gasteiger partial charge in [-0.15, -0.1) is 0 Å². The Kier molecular flexibility index (Phi) is 4.66. The van der Waals surface area contributed by atoms with Crippen LogP contribution in [0.4, 0.5) is 0 Å². The molecule has 0 aliphatic carbocycles. The minimum Gasteiger partial charge on any atom is -0.356 e. The highest BCUT2D eigenvalue weighted by Crippen LogP contribution is 1.88. The fourth-order valence-corrected chi connectivity index (χ4v) is 1.31. The molecule has 0 aliphatic rings. The predicted molar refractivity (Wildman–Crippen MR) is 61.9 cm³/mol. The monoisotopic (exact) mass is 209 g/mol. The minimum absolute atomic E-state index is 0.907. The van der Waals surface area contributed by atoms with Gasteiger partial charge < -0.3 is 10.2 Å². The first-order valence-corrected chi connectivity index (χ1v) is 5.09. The Hall–Kier alpha value is -1.52. The molecule has 0 aliphatic heterocycles. The van der Waals surface area contributed by atoms with Crippen LogP contribution in [0.1, 0.15) is 6.42 Å². The molecule has 1 heterocycles. The average molecular weight is 209 g/mol. The molecule has 15 heavy (non-hydrogen) atoms. The van der Waals surface area contributed by atoms with Crippen molar-refractivity contribution in [1.82, 2.24) is 20.0 Å². The molecule has 0 amide bonds. The third-order valence-electron chi connectivity index (χ3n) is 2.04. The van der Waals surface area contributed by atoms with Gasteiger partial charge in [0.15, 0.2) is 5.96 Å². The van der Waals surface area contributed by atoms with E-state index in [1.165, 1.54) is 0 Å². The first-order chi connectivity index (χ1) is 7.24. The third kappa shape index (κ3) is 4.01. The highest BCUT2D eigenvalue weighted by molar-refractivity contribution is 5.79. The molecule has 0 bridgehead atoms. The summed E-state index contributed by atoms with van der Waals surface area (Å²) in [5.41, 5.74) is 0. The van der Waals surface area contributed by atoms with E-state index >= 15 is 0 Å². The summed E-state index contributed by atoms with van der Waals surface area (Å²) in [7, 11) is 5.74. The van der Waals surface area contributed by atoms with Crippen LogP contribution in [0, 0.1) is 0 Å². The summed E-state index contributed by atoms with van der Waals surface area (Å²) in [6.45, 7) is 1.84. The number of nitrogens with zero attached hydrogens (tertiary/aromatic N) is 4. The maximum atomic E-state index is 4.14. The summed E-state index contributed by atoms with van der Waals surface area (Å²) in [5, 5.41) is 7.40. The van der Waals surface area contributed by atoms with Crippen LogP contribution in [0.2, 0.25) is 0 Å². The highest BCUT2D eigenvalue weighted by atomic mass is 15.3. The lowest BCUT2D eigenvalue weighted by atomic mass is 10.4. The Labute approximate surface area is 90.8 Å². The first kappa shape index (κ1) is 11.6. The van der Waals surface area contributed by atoms with Crippen LogP contribution in [0.5, 0.6) is 0 Å². The van der Waals surface area contributed by atoms with E-state index in [1.54, 1.807) is 13.2 Å². The summed E-state index contributed by atoms with van der Waals surface area (Å²) in [6, 6.07) is 1.94. The van der Waals surface area contributed by atoms with E-state index in [-0.39, 0.29) is 0 Å². The normalized spacial score (nSPS) is 11.5. The number of aliphatic imine (C=N–C) groups is 1. The van der Waals surface area contributed by atoms with Crippen molar-refractivity contribution in [2.24, 2.45) is 4.99 Å². The Morgan fingerprint density at radius 1 is 1.53 bits per heavy atom. The summed E-state index contributed by atoms with van der Waals surface area (Å²) < 4.78 is 1.93. The van der Waals surface area contributed by atoms with Gasteiger partial charge in [-0.25, -0.2) is 0 Å². The van der Waals surface area contributed by atoms with Gasteiger partial charge in [-0.2, -0.15) is 5.10 Å². The van der Waals surface area contributed by atoms with E-state index < -0.39 is 0 Å². The zero-order chi connectivity index (χ0) is 11.1. The number of hydrogen-bond acceptors (Lipinski definition) is 2. The van der Waals surface area contributed by atoms with E-state index in [0.717, 1.165) is 25.5 Å². The van der Waals surface area contributed by atoms with E-state index in [0.29, 0.717) is 0 Å². The van der Waals surface area contributed by atoms with Gasteiger partial charge in [0.1, 0.15) is 0 Å². The molecule has 5 heteroatoms. The average Bonchev–Trinajstić information content (AvgIpc) is 2.70. The van der Waals surface area contributed by atoms with Crippen molar-refractivity contribution >= 4 is 5.96 Å². The minimum atomic E-state index is 0.907. The number of aryl methyl sites for hydroxylation is 1. The summed E-state index contributed by atoms with van der Waals surface area (Å²) >= 11 is 0. The molecule has 0 unspecified atom stereocenters. The molecule has 0 fully saturated rings. The molecule has 1 aromatic heterocycles.